The van der Waals surface area contributed by atoms with Gasteiger partial charge >= 0.3 is 0 Å². The first kappa shape index (κ1) is 19.7. The van der Waals surface area contributed by atoms with Gasteiger partial charge in [0.05, 0.1) is 12.6 Å². The number of ether oxygens (including phenoxy) is 1. The molecule has 1 unspecified atom stereocenters. The lowest BCUT2D eigenvalue weighted by molar-refractivity contribution is -0.128. The highest BCUT2D eigenvalue weighted by Crippen LogP contribution is 2.19. The van der Waals surface area contributed by atoms with Crippen LogP contribution in [0.2, 0.25) is 0 Å². The van der Waals surface area contributed by atoms with Crippen molar-refractivity contribution in [2.24, 2.45) is 0 Å². The fourth-order valence-corrected chi connectivity index (χ4v) is 3.27. The predicted molar refractivity (Wildman–Crippen MR) is 110 cm³/mol. The third-order valence-corrected chi connectivity index (χ3v) is 4.71. The Morgan fingerprint density at radius 3 is 2.57 bits per heavy atom. The Morgan fingerprint density at radius 1 is 1.18 bits per heavy atom. The molecule has 1 N–H and O–H groups in total. The number of hydrogen-bond acceptors (Lipinski definition) is 3. The van der Waals surface area contributed by atoms with Crippen LogP contribution in [0.1, 0.15) is 36.9 Å². The van der Waals surface area contributed by atoms with E-state index in [1.54, 1.807) is 6.08 Å². The molecule has 0 bridgehead atoms. The molecule has 1 fully saturated rings. The first-order valence-corrected chi connectivity index (χ1v) is 9.70. The van der Waals surface area contributed by atoms with Crippen LogP contribution in [0.4, 0.5) is 0 Å². The molecule has 5 nitrogen and oxygen atoms in total. The van der Waals surface area contributed by atoms with Crippen molar-refractivity contribution < 1.29 is 14.3 Å². The molecule has 2 aromatic carbocycles. The van der Waals surface area contributed by atoms with Gasteiger partial charge in [0.2, 0.25) is 11.8 Å². The van der Waals surface area contributed by atoms with Gasteiger partial charge < -0.3 is 15.0 Å². The average Bonchev–Trinajstić information content (AvgIpc) is 3.12. The van der Waals surface area contributed by atoms with E-state index in [-0.39, 0.29) is 17.9 Å². The summed E-state index contributed by atoms with van der Waals surface area (Å²) in [5, 5.41) is 3.04. The van der Waals surface area contributed by atoms with Crippen molar-refractivity contribution in [3.8, 4) is 5.75 Å². The Morgan fingerprint density at radius 2 is 1.93 bits per heavy atom. The second-order valence-electron chi connectivity index (χ2n) is 6.75. The second-order valence-corrected chi connectivity index (χ2v) is 6.75. The zero-order chi connectivity index (χ0) is 19.8. The van der Waals surface area contributed by atoms with Crippen LogP contribution >= 0.6 is 0 Å². The lowest BCUT2D eigenvalue weighted by Gasteiger charge is -2.24. The Hall–Kier alpha value is -3.08. The van der Waals surface area contributed by atoms with Crippen molar-refractivity contribution >= 4 is 17.9 Å². The maximum absolute atomic E-state index is 12.5. The van der Waals surface area contributed by atoms with E-state index in [0.29, 0.717) is 19.6 Å². The molecule has 0 spiro atoms. The smallest absolute Gasteiger partial charge is 0.244 e. The number of likely N-dealkylation sites (tertiary alicyclic amines) is 1. The normalized spacial score (nSPS) is 15.0. The number of rotatable bonds is 8. The zero-order valence-corrected chi connectivity index (χ0v) is 16.1. The molecule has 1 saturated heterocycles. The summed E-state index contributed by atoms with van der Waals surface area (Å²) >= 11 is 0. The van der Waals surface area contributed by atoms with Crippen molar-refractivity contribution in [3.63, 3.8) is 0 Å². The molecule has 3 rings (SSSR count). The van der Waals surface area contributed by atoms with Gasteiger partial charge in [0.25, 0.3) is 0 Å². The minimum absolute atomic E-state index is 0.153. The number of benzene rings is 2. The Bertz CT molecular complexity index is 816. The topological polar surface area (TPSA) is 58.6 Å². The Kier molecular flexibility index (Phi) is 6.84. The van der Waals surface area contributed by atoms with Crippen molar-refractivity contribution in [2.45, 2.75) is 25.8 Å². The molecule has 0 aromatic heterocycles. The van der Waals surface area contributed by atoms with Gasteiger partial charge in [-0.15, -0.1) is 0 Å². The summed E-state index contributed by atoms with van der Waals surface area (Å²) in [7, 11) is 0. The van der Waals surface area contributed by atoms with Gasteiger partial charge in [0.15, 0.2) is 0 Å². The number of amides is 2. The SMILES string of the molecule is CCOc1ccc(/C=C/C(=O)NC(CN2CCCC2=O)c2ccccc2)cc1. The highest BCUT2D eigenvalue weighted by Gasteiger charge is 2.24. The lowest BCUT2D eigenvalue weighted by atomic mass is 10.1. The van der Waals surface area contributed by atoms with Crippen molar-refractivity contribution in [3.05, 3.63) is 71.8 Å². The zero-order valence-electron chi connectivity index (χ0n) is 16.1. The average molecular weight is 378 g/mol. The van der Waals surface area contributed by atoms with Crippen LogP contribution in [0.3, 0.4) is 0 Å². The first-order chi connectivity index (χ1) is 13.7. The number of carbonyl (C=O) groups excluding carboxylic acids is 2. The maximum Gasteiger partial charge on any atom is 0.244 e. The van der Waals surface area contributed by atoms with E-state index in [2.05, 4.69) is 5.32 Å². The van der Waals surface area contributed by atoms with Crippen LogP contribution in [0.5, 0.6) is 5.75 Å². The number of carbonyl (C=O) groups is 2. The molecule has 0 radical (unpaired) electrons. The third kappa shape index (κ3) is 5.46. The summed E-state index contributed by atoms with van der Waals surface area (Å²) in [5.41, 5.74) is 1.91. The molecule has 28 heavy (non-hydrogen) atoms. The van der Waals surface area contributed by atoms with Crippen LogP contribution in [-0.2, 0) is 9.59 Å². The van der Waals surface area contributed by atoms with E-state index in [9.17, 15) is 9.59 Å². The Labute approximate surface area is 166 Å². The van der Waals surface area contributed by atoms with Crippen LogP contribution in [0.15, 0.2) is 60.7 Å². The maximum atomic E-state index is 12.5. The van der Waals surface area contributed by atoms with Gasteiger partial charge in [0, 0.05) is 25.6 Å². The molecule has 2 aromatic rings. The molecular formula is C23H26N2O3. The largest absolute Gasteiger partial charge is 0.494 e. The van der Waals surface area contributed by atoms with Gasteiger partial charge in [-0.05, 0) is 42.7 Å². The summed E-state index contributed by atoms with van der Waals surface area (Å²) in [6.45, 7) is 3.81. The van der Waals surface area contributed by atoms with Crippen LogP contribution in [-0.4, -0.2) is 36.4 Å². The minimum atomic E-state index is -0.235. The van der Waals surface area contributed by atoms with E-state index in [1.165, 1.54) is 6.08 Å². The van der Waals surface area contributed by atoms with E-state index < -0.39 is 0 Å². The van der Waals surface area contributed by atoms with Gasteiger partial charge in [-0.3, -0.25) is 9.59 Å². The van der Waals surface area contributed by atoms with E-state index in [4.69, 9.17) is 4.74 Å². The van der Waals surface area contributed by atoms with Crippen molar-refractivity contribution in [2.75, 3.05) is 19.7 Å². The number of nitrogens with zero attached hydrogens (tertiary/aromatic N) is 1. The molecule has 1 aliphatic heterocycles. The minimum Gasteiger partial charge on any atom is -0.494 e. The van der Waals surface area contributed by atoms with Gasteiger partial charge in [-0.1, -0.05) is 42.5 Å². The molecule has 1 aliphatic rings. The van der Waals surface area contributed by atoms with Gasteiger partial charge in [0.1, 0.15) is 5.75 Å². The molecule has 1 atom stereocenters. The van der Waals surface area contributed by atoms with E-state index in [1.807, 2.05) is 66.4 Å². The fraction of sp³-hybridized carbons (Fsp3) is 0.304. The quantitative estimate of drug-likeness (QED) is 0.715. The lowest BCUT2D eigenvalue weighted by Crippen LogP contribution is -2.38. The number of nitrogens with one attached hydrogen (secondary N) is 1. The molecule has 5 heteroatoms. The summed E-state index contributed by atoms with van der Waals surface area (Å²) in [5.74, 6) is 0.776. The Balaban J connectivity index is 1.65. The van der Waals surface area contributed by atoms with Crippen molar-refractivity contribution in [1.82, 2.24) is 10.2 Å². The van der Waals surface area contributed by atoms with Crippen LogP contribution in [0, 0.1) is 0 Å². The fourth-order valence-electron chi connectivity index (χ4n) is 3.27. The predicted octanol–water partition coefficient (Wildman–Crippen LogP) is 3.58. The van der Waals surface area contributed by atoms with E-state index >= 15 is 0 Å². The standard InChI is InChI=1S/C23H26N2O3/c1-2-28-20-13-10-18(11-14-20)12-15-22(26)24-21(19-7-4-3-5-8-19)17-25-16-6-9-23(25)27/h3-5,7-8,10-15,21H,2,6,9,16-17H2,1H3,(H,24,26)/b15-12+. The molecule has 0 saturated carbocycles. The molecule has 1 heterocycles. The molecule has 146 valence electrons. The highest BCUT2D eigenvalue weighted by atomic mass is 16.5. The molecule has 0 aliphatic carbocycles. The summed E-state index contributed by atoms with van der Waals surface area (Å²) in [6.07, 6.45) is 4.77. The summed E-state index contributed by atoms with van der Waals surface area (Å²) < 4.78 is 5.42. The summed E-state index contributed by atoms with van der Waals surface area (Å²) in [4.78, 5) is 26.3. The van der Waals surface area contributed by atoms with Gasteiger partial charge in [-0.25, -0.2) is 0 Å². The summed E-state index contributed by atoms with van der Waals surface area (Å²) in [6, 6.07) is 17.1. The second kappa shape index (κ2) is 9.74. The molecule has 2 amide bonds. The van der Waals surface area contributed by atoms with Gasteiger partial charge in [-0.2, -0.15) is 0 Å². The van der Waals surface area contributed by atoms with Crippen LogP contribution in [0.25, 0.3) is 6.08 Å². The highest BCUT2D eigenvalue weighted by molar-refractivity contribution is 5.92. The third-order valence-electron chi connectivity index (χ3n) is 4.71. The monoisotopic (exact) mass is 378 g/mol. The van der Waals surface area contributed by atoms with Crippen LogP contribution < -0.4 is 10.1 Å². The van der Waals surface area contributed by atoms with E-state index in [0.717, 1.165) is 29.8 Å². The molecular weight excluding hydrogens is 352 g/mol. The number of hydrogen-bond donors (Lipinski definition) is 1. The first-order valence-electron chi connectivity index (χ1n) is 9.70. The van der Waals surface area contributed by atoms with Crippen molar-refractivity contribution in [1.29, 1.82) is 0 Å².